The molecule has 3 aromatic rings. The Morgan fingerprint density at radius 2 is 1.36 bits per heavy atom. The normalized spacial score (nSPS) is 12.2. The van der Waals surface area contributed by atoms with Crippen molar-refractivity contribution in [2.24, 2.45) is 0 Å². The Kier molecular flexibility index (Phi) is 7.00. The number of hydrogen-bond acceptors (Lipinski definition) is 8. The molecule has 9 heteroatoms. The van der Waals surface area contributed by atoms with Crippen molar-refractivity contribution in [3.8, 4) is 17.2 Å². The van der Waals surface area contributed by atoms with Crippen molar-refractivity contribution in [1.82, 2.24) is 4.90 Å². The van der Waals surface area contributed by atoms with Gasteiger partial charge >= 0.3 is 5.97 Å². The van der Waals surface area contributed by atoms with Crippen molar-refractivity contribution >= 4 is 23.6 Å². The van der Waals surface area contributed by atoms with E-state index in [2.05, 4.69) is 0 Å². The van der Waals surface area contributed by atoms with Gasteiger partial charge in [-0.1, -0.05) is 18.2 Å². The molecule has 0 radical (unpaired) electrons. The molecule has 0 bridgehead atoms. The number of hydrogen-bond donors (Lipinski definition) is 0. The Bertz CT molecular complexity index is 1330. The first-order valence-corrected chi connectivity index (χ1v) is 10.9. The van der Waals surface area contributed by atoms with E-state index in [4.69, 9.17) is 18.9 Å². The largest absolute Gasteiger partial charge is 0.496 e. The van der Waals surface area contributed by atoms with E-state index in [1.54, 1.807) is 48.5 Å². The molecule has 4 rings (SSSR count). The fraction of sp³-hybridized carbons (Fsp3) is 0.185. The topological polar surface area (TPSA) is 108 Å². The van der Waals surface area contributed by atoms with Crippen LogP contribution in [0.1, 0.15) is 47.0 Å². The highest BCUT2D eigenvalue weighted by atomic mass is 16.5. The third-order valence-electron chi connectivity index (χ3n) is 5.74. The Labute approximate surface area is 207 Å². The van der Waals surface area contributed by atoms with E-state index >= 15 is 0 Å². The zero-order valence-corrected chi connectivity index (χ0v) is 19.9. The molecule has 0 N–H and O–H groups in total. The van der Waals surface area contributed by atoms with E-state index in [0.29, 0.717) is 28.2 Å². The van der Waals surface area contributed by atoms with Gasteiger partial charge in [-0.3, -0.25) is 19.3 Å². The van der Waals surface area contributed by atoms with E-state index in [9.17, 15) is 19.2 Å². The average molecular weight is 489 g/mol. The first-order valence-electron chi connectivity index (χ1n) is 10.9. The number of carbonyl (C=O) groups is 4. The molecule has 184 valence electrons. The Morgan fingerprint density at radius 3 is 1.97 bits per heavy atom. The van der Waals surface area contributed by atoms with E-state index in [-0.39, 0.29) is 23.4 Å². The van der Waals surface area contributed by atoms with Crippen LogP contribution in [0.5, 0.6) is 17.2 Å². The zero-order valence-electron chi connectivity index (χ0n) is 19.9. The summed E-state index contributed by atoms with van der Waals surface area (Å²) in [6.45, 7) is -0.554. The molecule has 0 unspecified atom stereocenters. The first kappa shape index (κ1) is 24.5. The molecule has 0 fully saturated rings. The average Bonchev–Trinajstić information content (AvgIpc) is 3.15. The minimum absolute atomic E-state index is 0.0405. The van der Waals surface area contributed by atoms with E-state index in [1.165, 1.54) is 33.5 Å². The summed E-state index contributed by atoms with van der Waals surface area (Å²) in [7, 11) is 4.33. The van der Waals surface area contributed by atoms with Crippen molar-refractivity contribution in [2.45, 2.75) is 6.54 Å². The molecular weight excluding hydrogens is 466 g/mol. The predicted molar refractivity (Wildman–Crippen MR) is 128 cm³/mol. The molecule has 2 amide bonds. The fourth-order valence-electron chi connectivity index (χ4n) is 3.88. The fourth-order valence-corrected chi connectivity index (χ4v) is 3.88. The number of fused-ring (bicyclic) bond motifs is 1. The Balaban J connectivity index is 1.48. The number of carbonyl (C=O) groups excluding carboxylic acids is 4. The number of methoxy groups -OCH3 is 3. The number of ketones is 1. The summed E-state index contributed by atoms with van der Waals surface area (Å²) in [6.07, 6.45) is 0. The molecule has 0 atom stereocenters. The number of benzene rings is 3. The van der Waals surface area contributed by atoms with Gasteiger partial charge in [0.2, 0.25) is 0 Å². The molecule has 9 nitrogen and oxygen atoms in total. The predicted octanol–water partition coefficient (Wildman–Crippen LogP) is 3.55. The van der Waals surface area contributed by atoms with Gasteiger partial charge in [0.1, 0.15) is 11.3 Å². The summed E-state index contributed by atoms with van der Waals surface area (Å²) in [5.74, 6) is -0.977. The number of Topliss-reactive ketones (excluding diaryl/α,β-unsaturated/α-hetero) is 1. The van der Waals surface area contributed by atoms with Crippen LogP contribution in [-0.2, 0) is 11.3 Å². The highest BCUT2D eigenvalue weighted by molar-refractivity contribution is 6.21. The highest BCUT2D eigenvalue weighted by Crippen LogP contribution is 2.29. The number of amides is 2. The van der Waals surface area contributed by atoms with Crippen molar-refractivity contribution in [3.63, 3.8) is 0 Å². The number of imide groups is 1. The quantitative estimate of drug-likeness (QED) is 0.255. The monoisotopic (exact) mass is 489 g/mol. The summed E-state index contributed by atoms with van der Waals surface area (Å²) < 4.78 is 20.9. The van der Waals surface area contributed by atoms with Crippen LogP contribution in [0, 0.1) is 0 Å². The lowest BCUT2D eigenvalue weighted by Gasteiger charge is -2.16. The second-order valence-electron chi connectivity index (χ2n) is 7.85. The van der Waals surface area contributed by atoms with Gasteiger partial charge in [-0.15, -0.1) is 0 Å². The van der Waals surface area contributed by atoms with Gasteiger partial charge in [-0.2, -0.15) is 0 Å². The molecule has 0 aromatic heterocycles. The summed E-state index contributed by atoms with van der Waals surface area (Å²) in [5, 5.41) is 0. The summed E-state index contributed by atoms with van der Waals surface area (Å²) in [5.41, 5.74) is 1.54. The molecule has 36 heavy (non-hydrogen) atoms. The molecular formula is C27H23NO8. The SMILES string of the molecule is COc1ccc(C(=O)COC(=O)c2cc(CN3C(=O)c4ccccc4C3=O)ccc2OC)cc1OC. The van der Waals surface area contributed by atoms with Gasteiger partial charge in [0, 0.05) is 5.56 Å². The van der Waals surface area contributed by atoms with Crippen LogP contribution in [0.4, 0.5) is 0 Å². The molecule has 1 aliphatic heterocycles. The summed E-state index contributed by atoms with van der Waals surface area (Å²) >= 11 is 0. The number of esters is 1. The van der Waals surface area contributed by atoms with Crippen LogP contribution in [0.15, 0.2) is 60.7 Å². The Morgan fingerprint density at radius 1 is 0.750 bits per heavy atom. The zero-order chi connectivity index (χ0) is 25.8. The standard InChI is InChI=1S/C27H23NO8/c1-33-22-10-8-16(14-28-25(30)18-6-4-5-7-19(18)26(28)31)12-20(22)27(32)36-15-21(29)17-9-11-23(34-2)24(13-17)35-3/h4-13H,14-15H2,1-3H3. The highest BCUT2D eigenvalue weighted by Gasteiger charge is 2.35. The second kappa shape index (κ2) is 10.3. The lowest BCUT2D eigenvalue weighted by atomic mass is 10.1. The van der Waals surface area contributed by atoms with Gasteiger partial charge < -0.3 is 18.9 Å². The van der Waals surface area contributed by atoms with Crippen LogP contribution in [0.2, 0.25) is 0 Å². The third kappa shape index (κ3) is 4.63. The van der Waals surface area contributed by atoms with Gasteiger partial charge in [0.05, 0.1) is 39.0 Å². The molecule has 1 heterocycles. The number of rotatable bonds is 9. The number of ether oxygens (including phenoxy) is 4. The maximum Gasteiger partial charge on any atom is 0.342 e. The Hall–Kier alpha value is -4.66. The molecule has 3 aromatic carbocycles. The van der Waals surface area contributed by atoms with Crippen molar-refractivity contribution in [2.75, 3.05) is 27.9 Å². The van der Waals surface area contributed by atoms with Crippen molar-refractivity contribution in [1.29, 1.82) is 0 Å². The maximum atomic E-state index is 12.8. The van der Waals surface area contributed by atoms with Crippen LogP contribution in [0.25, 0.3) is 0 Å². The summed E-state index contributed by atoms with van der Waals surface area (Å²) in [4.78, 5) is 51.9. The van der Waals surface area contributed by atoms with Crippen LogP contribution in [0.3, 0.4) is 0 Å². The molecule has 0 spiro atoms. The minimum atomic E-state index is -0.787. The third-order valence-corrected chi connectivity index (χ3v) is 5.74. The maximum absolute atomic E-state index is 12.8. The van der Waals surface area contributed by atoms with Crippen molar-refractivity contribution < 1.29 is 38.1 Å². The second-order valence-corrected chi connectivity index (χ2v) is 7.85. The van der Waals surface area contributed by atoms with Gasteiger partial charge in [0.25, 0.3) is 11.8 Å². The first-order chi connectivity index (χ1) is 17.4. The smallest absolute Gasteiger partial charge is 0.342 e. The van der Waals surface area contributed by atoms with E-state index < -0.39 is 30.2 Å². The summed E-state index contributed by atoms with van der Waals surface area (Å²) in [6, 6.07) is 15.9. The molecule has 0 aliphatic carbocycles. The van der Waals surface area contributed by atoms with Crippen LogP contribution in [-0.4, -0.2) is 56.4 Å². The minimum Gasteiger partial charge on any atom is -0.496 e. The number of nitrogens with zero attached hydrogens (tertiary/aromatic N) is 1. The van der Waals surface area contributed by atoms with Crippen LogP contribution < -0.4 is 14.2 Å². The molecule has 0 saturated heterocycles. The van der Waals surface area contributed by atoms with Crippen molar-refractivity contribution in [3.05, 3.63) is 88.5 Å². The van der Waals surface area contributed by atoms with Crippen LogP contribution >= 0.6 is 0 Å². The lowest BCUT2D eigenvalue weighted by Crippen LogP contribution is -2.29. The van der Waals surface area contributed by atoms with E-state index in [0.717, 1.165) is 4.90 Å². The molecule has 1 aliphatic rings. The van der Waals surface area contributed by atoms with Gasteiger partial charge in [-0.25, -0.2) is 4.79 Å². The molecule has 0 saturated carbocycles. The lowest BCUT2D eigenvalue weighted by molar-refractivity contribution is 0.0471. The van der Waals surface area contributed by atoms with Gasteiger partial charge in [0.15, 0.2) is 23.9 Å². The van der Waals surface area contributed by atoms with E-state index in [1.807, 2.05) is 0 Å². The van der Waals surface area contributed by atoms with Gasteiger partial charge in [-0.05, 0) is 48.0 Å².